The third-order valence-electron chi connectivity index (χ3n) is 2.38. The zero-order valence-corrected chi connectivity index (χ0v) is 9.46. The summed E-state index contributed by atoms with van der Waals surface area (Å²) >= 11 is 1.72. The maximum Gasteiger partial charge on any atom is 0.0814 e. The molecule has 1 N–H and O–H groups in total. The Labute approximate surface area is 93.1 Å². The largest absolute Gasteiger partial charge is 0.390 e. The molecule has 0 fully saturated rings. The van der Waals surface area contributed by atoms with Gasteiger partial charge in [-0.25, -0.2) is 0 Å². The summed E-state index contributed by atoms with van der Waals surface area (Å²) in [6, 6.07) is 8.27. The Balaban J connectivity index is 2.21. The van der Waals surface area contributed by atoms with E-state index in [9.17, 15) is 5.11 Å². The number of benzene rings is 1. The molecule has 1 aromatic carbocycles. The Morgan fingerprint density at radius 3 is 3.00 bits per heavy atom. The average molecular weight is 222 g/mol. The second-order valence-electron chi connectivity index (χ2n) is 3.57. The highest BCUT2D eigenvalue weighted by Gasteiger charge is 2.09. The minimum Gasteiger partial charge on any atom is -0.390 e. The molecule has 0 radical (unpaired) electrons. The van der Waals surface area contributed by atoms with Gasteiger partial charge in [0.05, 0.1) is 12.7 Å². The SMILES string of the molecule is COCC(O)Cc1csc2ccccc12. The molecule has 15 heavy (non-hydrogen) atoms. The predicted molar refractivity (Wildman–Crippen MR) is 63.4 cm³/mol. The van der Waals surface area contributed by atoms with Gasteiger partial charge in [0.15, 0.2) is 0 Å². The fourth-order valence-corrected chi connectivity index (χ4v) is 2.67. The molecule has 80 valence electrons. The average Bonchev–Trinajstić information content (AvgIpc) is 2.62. The van der Waals surface area contributed by atoms with Gasteiger partial charge in [-0.15, -0.1) is 11.3 Å². The minimum atomic E-state index is -0.409. The third-order valence-corrected chi connectivity index (χ3v) is 3.39. The quantitative estimate of drug-likeness (QED) is 0.861. The predicted octanol–water partition coefficient (Wildman–Crippen LogP) is 2.45. The van der Waals surface area contributed by atoms with E-state index in [4.69, 9.17) is 4.74 Å². The molecule has 0 amide bonds. The molecule has 1 atom stereocenters. The van der Waals surface area contributed by atoms with Crippen LogP contribution >= 0.6 is 11.3 Å². The molecule has 0 bridgehead atoms. The summed E-state index contributed by atoms with van der Waals surface area (Å²) in [6.45, 7) is 0.393. The van der Waals surface area contributed by atoms with Crippen LogP contribution in [0.3, 0.4) is 0 Å². The molecule has 1 unspecified atom stereocenters. The molecule has 2 aromatic rings. The van der Waals surface area contributed by atoms with Crippen molar-refractivity contribution in [3.05, 3.63) is 35.2 Å². The zero-order chi connectivity index (χ0) is 10.7. The van der Waals surface area contributed by atoms with Crippen LogP contribution in [0.4, 0.5) is 0 Å². The fraction of sp³-hybridized carbons (Fsp3) is 0.333. The lowest BCUT2D eigenvalue weighted by Crippen LogP contribution is -2.16. The van der Waals surface area contributed by atoms with Crippen LogP contribution in [-0.2, 0) is 11.2 Å². The molecule has 2 rings (SSSR count). The maximum absolute atomic E-state index is 9.66. The normalized spacial score (nSPS) is 13.2. The van der Waals surface area contributed by atoms with Gasteiger partial charge in [0.2, 0.25) is 0 Å². The number of aliphatic hydroxyl groups excluding tert-OH is 1. The number of ether oxygens (including phenoxy) is 1. The van der Waals surface area contributed by atoms with Crippen molar-refractivity contribution in [1.29, 1.82) is 0 Å². The highest BCUT2D eigenvalue weighted by atomic mass is 32.1. The molecule has 0 spiro atoms. The van der Waals surface area contributed by atoms with E-state index in [1.54, 1.807) is 18.4 Å². The summed E-state index contributed by atoms with van der Waals surface area (Å²) in [5.41, 5.74) is 1.21. The fourth-order valence-electron chi connectivity index (χ4n) is 1.70. The minimum absolute atomic E-state index is 0.393. The summed E-state index contributed by atoms with van der Waals surface area (Å²) in [5.74, 6) is 0. The molecule has 0 aliphatic heterocycles. The Morgan fingerprint density at radius 2 is 2.20 bits per heavy atom. The van der Waals surface area contributed by atoms with Gasteiger partial charge in [-0.05, 0) is 22.4 Å². The number of aliphatic hydroxyl groups is 1. The van der Waals surface area contributed by atoms with Crippen molar-refractivity contribution < 1.29 is 9.84 Å². The van der Waals surface area contributed by atoms with Gasteiger partial charge in [0.1, 0.15) is 0 Å². The summed E-state index contributed by atoms with van der Waals surface area (Å²) in [4.78, 5) is 0. The number of hydrogen-bond donors (Lipinski definition) is 1. The first-order valence-electron chi connectivity index (χ1n) is 4.93. The standard InChI is InChI=1S/C12H14O2S/c1-14-7-10(13)6-9-8-15-12-5-3-2-4-11(9)12/h2-5,8,10,13H,6-7H2,1H3. The third kappa shape index (κ3) is 2.37. The van der Waals surface area contributed by atoms with Crippen LogP contribution in [0.25, 0.3) is 10.1 Å². The van der Waals surface area contributed by atoms with Gasteiger partial charge in [-0.2, -0.15) is 0 Å². The Kier molecular flexibility index (Phi) is 3.36. The number of hydrogen-bond acceptors (Lipinski definition) is 3. The Hall–Kier alpha value is -0.900. The molecule has 0 aliphatic rings. The van der Waals surface area contributed by atoms with Crippen molar-refractivity contribution in [2.24, 2.45) is 0 Å². The second-order valence-corrected chi connectivity index (χ2v) is 4.48. The lowest BCUT2D eigenvalue weighted by molar-refractivity contribution is 0.0653. The number of methoxy groups -OCH3 is 1. The number of thiophene rings is 1. The van der Waals surface area contributed by atoms with Crippen LogP contribution in [0, 0.1) is 0 Å². The second kappa shape index (κ2) is 4.75. The Morgan fingerprint density at radius 1 is 1.40 bits per heavy atom. The van der Waals surface area contributed by atoms with E-state index >= 15 is 0 Å². The van der Waals surface area contributed by atoms with Crippen LogP contribution < -0.4 is 0 Å². The summed E-state index contributed by atoms with van der Waals surface area (Å²) in [5, 5.41) is 13.0. The smallest absolute Gasteiger partial charge is 0.0814 e. The molecule has 3 heteroatoms. The van der Waals surface area contributed by atoms with Gasteiger partial charge >= 0.3 is 0 Å². The van der Waals surface area contributed by atoms with Crippen molar-refractivity contribution in [3.8, 4) is 0 Å². The molecule has 1 aromatic heterocycles. The van der Waals surface area contributed by atoms with Crippen molar-refractivity contribution in [2.75, 3.05) is 13.7 Å². The molecular formula is C12H14O2S. The highest BCUT2D eigenvalue weighted by Crippen LogP contribution is 2.26. The van der Waals surface area contributed by atoms with Gasteiger partial charge in [-0.1, -0.05) is 18.2 Å². The van der Waals surface area contributed by atoms with E-state index in [1.807, 2.05) is 12.1 Å². The van der Waals surface area contributed by atoms with E-state index in [0.29, 0.717) is 13.0 Å². The van der Waals surface area contributed by atoms with E-state index in [2.05, 4.69) is 17.5 Å². The Bertz CT molecular complexity index is 436. The van der Waals surface area contributed by atoms with Crippen LogP contribution in [0.5, 0.6) is 0 Å². The zero-order valence-electron chi connectivity index (χ0n) is 8.64. The molecule has 1 heterocycles. The number of fused-ring (bicyclic) bond motifs is 1. The van der Waals surface area contributed by atoms with E-state index in [0.717, 1.165) is 0 Å². The van der Waals surface area contributed by atoms with Crippen LogP contribution in [-0.4, -0.2) is 24.9 Å². The van der Waals surface area contributed by atoms with Crippen LogP contribution in [0.15, 0.2) is 29.6 Å². The monoisotopic (exact) mass is 222 g/mol. The summed E-state index contributed by atoms with van der Waals surface area (Å²) < 4.78 is 6.19. The van der Waals surface area contributed by atoms with Gasteiger partial charge in [0.25, 0.3) is 0 Å². The first-order chi connectivity index (χ1) is 7.31. The topological polar surface area (TPSA) is 29.5 Å². The number of rotatable bonds is 4. The molecular weight excluding hydrogens is 208 g/mol. The first-order valence-corrected chi connectivity index (χ1v) is 5.81. The van der Waals surface area contributed by atoms with Crippen molar-refractivity contribution in [3.63, 3.8) is 0 Å². The van der Waals surface area contributed by atoms with Gasteiger partial charge < -0.3 is 9.84 Å². The molecule has 0 saturated heterocycles. The lowest BCUT2D eigenvalue weighted by Gasteiger charge is -2.07. The first kappa shape index (κ1) is 10.6. The summed E-state index contributed by atoms with van der Waals surface area (Å²) in [6.07, 6.45) is 0.255. The lowest BCUT2D eigenvalue weighted by atomic mass is 10.1. The van der Waals surface area contributed by atoms with Crippen molar-refractivity contribution >= 4 is 21.4 Å². The van der Waals surface area contributed by atoms with Gasteiger partial charge in [0, 0.05) is 18.2 Å². The highest BCUT2D eigenvalue weighted by molar-refractivity contribution is 7.17. The molecule has 0 aliphatic carbocycles. The van der Waals surface area contributed by atoms with E-state index in [1.165, 1.54) is 15.6 Å². The van der Waals surface area contributed by atoms with Gasteiger partial charge in [-0.3, -0.25) is 0 Å². The molecule has 0 saturated carbocycles. The van der Waals surface area contributed by atoms with Crippen molar-refractivity contribution in [1.82, 2.24) is 0 Å². The van der Waals surface area contributed by atoms with E-state index in [-0.39, 0.29) is 0 Å². The maximum atomic E-state index is 9.66. The van der Waals surface area contributed by atoms with Crippen LogP contribution in [0.1, 0.15) is 5.56 Å². The van der Waals surface area contributed by atoms with Crippen molar-refractivity contribution in [2.45, 2.75) is 12.5 Å². The van der Waals surface area contributed by atoms with E-state index < -0.39 is 6.10 Å². The summed E-state index contributed by atoms with van der Waals surface area (Å²) in [7, 11) is 1.61. The molecule has 2 nitrogen and oxygen atoms in total. The van der Waals surface area contributed by atoms with Crippen LogP contribution in [0.2, 0.25) is 0 Å².